The number of ether oxygens (including phenoxy) is 1. The zero-order valence-corrected chi connectivity index (χ0v) is 13.0. The molecule has 0 saturated heterocycles. The van der Waals surface area contributed by atoms with Crippen LogP contribution in [0.15, 0.2) is 40.1 Å². The fourth-order valence-electron chi connectivity index (χ4n) is 1.72. The van der Waals surface area contributed by atoms with Crippen molar-refractivity contribution in [1.82, 2.24) is 0 Å². The summed E-state index contributed by atoms with van der Waals surface area (Å²) in [5, 5.41) is 0. The average Bonchev–Trinajstić information content (AvgIpc) is 2.46. The van der Waals surface area contributed by atoms with Crippen molar-refractivity contribution in [1.29, 1.82) is 0 Å². The van der Waals surface area contributed by atoms with E-state index in [4.69, 9.17) is 0 Å². The highest BCUT2D eigenvalue weighted by molar-refractivity contribution is 7.95. The predicted molar refractivity (Wildman–Crippen MR) is 77.8 cm³/mol. The Bertz CT molecular complexity index is 603. The van der Waals surface area contributed by atoms with Crippen molar-refractivity contribution in [3.05, 3.63) is 41.1 Å². The number of hydrogen-bond acceptors (Lipinski definition) is 4. The van der Waals surface area contributed by atoms with Crippen LogP contribution in [0.1, 0.15) is 32.6 Å². The molecular formula is C15H19FO4S. The molecule has 21 heavy (non-hydrogen) atoms. The van der Waals surface area contributed by atoms with E-state index in [2.05, 4.69) is 4.74 Å². The van der Waals surface area contributed by atoms with E-state index >= 15 is 0 Å². The van der Waals surface area contributed by atoms with Gasteiger partial charge in [0.05, 0.1) is 23.3 Å². The molecule has 1 aromatic rings. The molecule has 0 atom stereocenters. The minimum atomic E-state index is -3.81. The first-order valence-electron chi connectivity index (χ1n) is 6.68. The average molecular weight is 314 g/mol. The molecule has 0 bridgehead atoms. The van der Waals surface area contributed by atoms with Gasteiger partial charge in [-0.15, -0.1) is 0 Å². The van der Waals surface area contributed by atoms with Gasteiger partial charge in [0.25, 0.3) is 0 Å². The van der Waals surface area contributed by atoms with Gasteiger partial charge in [-0.3, -0.25) is 4.79 Å². The summed E-state index contributed by atoms with van der Waals surface area (Å²) < 4.78 is 42.4. The summed E-state index contributed by atoms with van der Waals surface area (Å²) >= 11 is 0. The van der Waals surface area contributed by atoms with E-state index in [1.165, 1.54) is 19.2 Å². The zero-order chi connectivity index (χ0) is 15.9. The number of esters is 1. The largest absolute Gasteiger partial charge is 0.469 e. The molecule has 0 aliphatic carbocycles. The van der Waals surface area contributed by atoms with Crippen molar-refractivity contribution in [2.75, 3.05) is 7.11 Å². The lowest BCUT2D eigenvalue weighted by Gasteiger charge is -2.09. The van der Waals surface area contributed by atoms with Gasteiger partial charge in [0.2, 0.25) is 9.84 Å². The van der Waals surface area contributed by atoms with Gasteiger partial charge in [-0.05, 0) is 30.7 Å². The van der Waals surface area contributed by atoms with Crippen LogP contribution in [0.25, 0.3) is 0 Å². The van der Waals surface area contributed by atoms with E-state index < -0.39 is 21.6 Å². The molecule has 0 aromatic heterocycles. The quantitative estimate of drug-likeness (QED) is 0.440. The number of carbonyl (C=O) groups excluding carboxylic acids is 1. The molecule has 0 aliphatic heterocycles. The number of sulfone groups is 1. The third kappa shape index (κ3) is 4.97. The number of hydrogen-bond donors (Lipinski definition) is 0. The number of methoxy groups -OCH3 is 1. The Balaban J connectivity index is 3.13. The Morgan fingerprint density at radius 2 is 1.90 bits per heavy atom. The third-order valence-electron chi connectivity index (χ3n) is 2.95. The van der Waals surface area contributed by atoms with Crippen molar-refractivity contribution in [2.24, 2.45) is 0 Å². The highest BCUT2D eigenvalue weighted by atomic mass is 32.2. The first kappa shape index (κ1) is 17.4. The van der Waals surface area contributed by atoms with Crippen LogP contribution >= 0.6 is 0 Å². The van der Waals surface area contributed by atoms with Crippen molar-refractivity contribution in [3.8, 4) is 0 Å². The smallest absolute Gasteiger partial charge is 0.310 e. The molecule has 0 fully saturated rings. The summed E-state index contributed by atoms with van der Waals surface area (Å²) in [5.41, 5.74) is 0. The molecule has 0 spiro atoms. The van der Waals surface area contributed by atoms with E-state index in [-0.39, 0.29) is 16.2 Å². The summed E-state index contributed by atoms with van der Waals surface area (Å²) in [5.74, 6) is -1.14. The molecular weight excluding hydrogens is 295 g/mol. The molecule has 4 nitrogen and oxygen atoms in total. The number of halogens is 1. The molecule has 0 aliphatic rings. The Morgan fingerprint density at radius 3 is 2.43 bits per heavy atom. The Kier molecular flexibility index (Phi) is 6.55. The van der Waals surface area contributed by atoms with Crippen LogP contribution in [0.2, 0.25) is 0 Å². The summed E-state index contributed by atoms with van der Waals surface area (Å²) in [6.07, 6.45) is 3.52. The Labute approximate surface area is 124 Å². The number of benzene rings is 1. The maximum absolute atomic E-state index is 12.9. The first-order valence-corrected chi connectivity index (χ1v) is 8.16. The fraction of sp³-hybridized carbons (Fsp3) is 0.400. The van der Waals surface area contributed by atoms with Gasteiger partial charge in [0.1, 0.15) is 5.82 Å². The van der Waals surface area contributed by atoms with E-state index in [0.29, 0.717) is 6.42 Å². The number of carbonyl (C=O) groups is 1. The minimum absolute atomic E-state index is 0.00518. The van der Waals surface area contributed by atoms with Crippen LogP contribution < -0.4 is 0 Å². The van der Waals surface area contributed by atoms with Gasteiger partial charge < -0.3 is 4.74 Å². The molecule has 0 amide bonds. The normalized spacial score (nSPS) is 12.2. The summed E-state index contributed by atoms with van der Waals surface area (Å²) in [7, 11) is -2.60. The lowest BCUT2D eigenvalue weighted by molar-refractivity contribution is -0.139. The summed E-state index contributed by atoms with van der Waals surface area (Å²) in [6, 6.07) is 4.54. The van der Waals surface area contributed by atoms with E-state index in [9.17, 15) is 17.6 Å². The van der Waals surface area contributed by atoms with Crippen LogP contribution in [-0.2, 0) is 19.4 Å². The second-order valence-electron chi connectivity index (χ2n) is 4.52. The second kappa shape index (κ2) is 7.93. The maximum atomic E-state index is 12.9. The van der Waals surface area contributed by atoms with Crippen LogP contribution in [-0.4, -0.2) is 21.5 Å². The molecule has 0 heterocycles. The number of unbranched alkanes of at least 4 members (excludes halogenated alkanes) is 2. The fourth-order valence-corrected chi connectivity index (χ4v) is 3.17. The van der Waals surface area contributed by atoms with Crippen LogP contribution in [0, 0.1) is 5.82 Å². The SMILES string of the molecule is CCCC/C=C(\CC(=O)OC)S(=O)(=O)c1ccc(F)cc1. The maximum Gasteiger partial charge on any atom is 0.310 e. The first-order chi connectivity index (χ1) is 9.91. The highest BCUT2D eigenvalue weighted by Gasteiger charge is 2.23. The minimum Gasteiger partial charge on any atom is -0.469 e. The second-order valence-corrected chi connectivity index (χ2v) is 6.53. The van der Waals surface area contributed by atoms with E-state index in [0.717, 1.165) is 25.0 Å². The van der Waals surface area contributed by atoms with Crippen LogP contribution in [0.4, 0.5) is 4.39 Å². The van der Waals surface area contributed by atoms with Crippen molar-refractivity contribution in [3.63, 3.8) is 0 Å². The zero-order valence-electron chi connectivity index (χ0n) is 12.1. The van der Waals surface area contributed by atoms with Crippen LogP contribution in [0.3, 0.4) is 0 Å². The topological polar surface area (TPSA) is 60.4 Å². The standard InChI is InChI=1S/C15H19FO4S/c1-3-4-5-6-14(11-15(17)20-2)21(18,19)13-9-7-12(16)8-10-13/h6-10H,3-5,11H2,1-2H3/b14-6+. The third-order valence-corrected chi connectivity index (χ3v) is 4.84. The van der Waals surface area contributed by atoms with Gasteiger partial charge in [-0.25, -0.2) is 12.8 Å². The summed E-state index contributed by atoms with van der Waals surface area (Å²) in [6.45, 7) is 1.99. The lowest BCUT2D eigenvalue weighted by atomic mass is 10.2. The van der Waals surface area contributed by atoms with Gasteiger partial charge in [-0.1, -0.05) is 25.8 Å². The number of allylic oxidation sites excluding steroid dienone is 1. The molecule has 6 heteroatoms. The molecule has 0 unspecified atom stereocenters. The Morgan fingerprint density at radius 1 is 1.29 bits per heavy atom. The lowest BCUT2D eigenvalue weighted by Crippen LogP contribution is -2.11. The van der Waals surface area contributed by atoms with Gasteiger partial charge in [0.15, 0.2) is 0 Å². The molecule has 0 N–H and O–H groups in total. The molecule has 116 valence electrons. The van der Waals surface area contributed by atoms with E-state index in [1.54, 1.807) is 6.08 Å². The van der Waals surface area contributed by atoms with Crippen molar-refractivity contribution >= 4 is 15.8 Å². The van der Waals surface area contributed by atoms with Crippen molar-refractivity contribution in [2.45, 2.75) is 37.5 Å². The van der Waals surface area contributed by atoms with Gasteiger partial charge >= 0.3 is 5.97 Å². The molecule has 1 rings (SSSR count). The van der Waals surface area contributed by atoms with Crippen molar-refractivity contribution < 1.29 is 22.3 Å². The summed E-state index contributed by atoms with van der Waals surface area (Å²) in [4.78, 5) is 11.4. The number of rotatable bonds is 7. The molecule has 1 aromatic carbocycles. The monoisotopic (exact) mass is 314 g/mol. The Hall–Kier alpha value is -1.69. The van der Waals surface area contributed by atoms with Gasteiger partial charge in [0, 0.05) is 0 Å². The molecule has 0 radical (unpaired) electrons. The van der Waals surface area contributed by atoms with E-state index in [1.807, 2.05) is 6.92 Å². The highest BCUT2D eigenvalue weighted by Crippen LogP contribution is 2.23. The predicted octanol–water partition coefficient (Wildman–Crippen LogP) is 3.24. The molecule has 0 saturated carbocycles. The van der Waals surface area contributed by atoms with Gasteiger partial charge in [-0.2, -0.15) is 0 Å². The van der Waals surface area contributed by atoms with Crippen LogP contribution in [0.5, 0.6) is 0 Å².